The molecule has 1 saturated heterocycles. The van der Waals surface area contributed by atoms with Crippen molar-refractivity contribution in [3.05, 3.63) is 18.2 Å². The number of aliphatic carboxylic acids is 1. The molecular formula is C14H20N2O4. The molecule has 6 heteroatoms. The molecule has 3 N–H and O–H groups in total. The summed E-state index contributed by atoms with van der Waals surface area (Å²) >= 11 is 0. The zero-order chi connectivity index (χ0) is 14.7. The molecule has 0 aromatic heterocycles. The Kier molecular flexibility index (Phi) is 4.34. The molecule has 1 fully saturated rings. The molecule has 20 heavy (non-hydrogen) atoms. The monoisotopic (exact) mass is 280 g/mol. The third kappa shape index (κ3) is 2.80. The summed E-state index contributed by atoms with van der Waals surface area (Å²) in [7, 11) is 3.21. The lowest BCUT2D eigenvalue weighted by molar-refractivity contribution is -0.139. The largest absolute Gasteiger partial charge is 0.497 e. The van der Waals surface area contributed by atoms with E-state index in [9.17, 15) is 4.79 Å². The van der Waals surface area contributed by atoms with Crippen LogP contribution in [0, 0.1) is 5.92 Å². The van der Waals surface area contributed by atoms with Gasteiger partial charge >= 0.3 is 5.97 Å². The molecule has 2 unspecified atom stereocenters. The molecule has 1 aliphatic heterocycles. The SMILES string of the molecule is COc1ccc(N2CCC(C(N)C(=O)O)C2)c(OC)c1. The number of ether oxygens (including phenoxy) is 2. The molecule has 1 aliphatic rings. The third-order valence-electron chi connectivity index (χ3n) is 3.75. The van der Waals surface area contributed by atoms with Crippen molar-refractivity contribution in [1.29, 1.82) is 0 Å². The van der Waals surface area contributed by atoms with Crippen molar-refractivity contribution in [1.82, 2.24) is 0 Å². The van der Waals surface area contributed by atoms with Gasteiger partial charge in [-0.3, -0.25) is 4.79 Å². The van der Waals surface area contributed by atoms with Crippen LogP contribution in [0.1, 0.15) is 6.42 Å². The summed E-state index contributed by atoms with van der Waals surface area (Å²) in [6.07, 6.45) is 0.767. The first-order valence-electron chi connectivity index (χ1n) is 6.52. The Morgan fingerprint density at radius 3 is 2.80 bits per heavy atom. The minimum Gasteiger partial charge on any atom is -0.497 e. The second-order valence-electron chi connectivity index (χ2n) is 4.90. The minimum absolute atomic E-state index is 0.0423. The number of hydrogen-bond donors (Lipinski definition) is 2. The maximum absolute atomic E-state index is 11.0. The fourth-order valence-electron chi connectivity index (χ4n) is 2.55. The summed E-state index contributed by atoms with van der Waals surface area (Å²) in [5, 5.41) is 8.98. The molecule has 0 amide bonds. The van der Waals surface area contributed by atoms with Gasteiger partial charge in [0.2, 0.25) is 0 Å². The Balaban J connectivity index is 2.15. The zero-order valence-electron chi connectivity index (χ0n) is 11.7. The number of hydrogen-bond acceptors (Lipinski definition) is 5. The van der Waals surface area contributed by atoms with Gasteiger partial charge in [-0.2, -0.15) is 0 Å². The van der Waals surface area contributed by atoms with Crippen LogP contribution in [0.3, 0.4) is 0 Å². The third-order valence-corrected chi connectivity index (χ3v) is 3.75. The number of nitrogens with two attached hydrogens (primary N) is 1. The molecule has 2 rings (SSSR count). The van der Waals surface area contributed by atoms with Gasteiger partial charge in [0.15, 0.2) is 0 Å². The van der Waals surface area contributed by atoms with Crippen LogP contribution in [0.15, 0.2) is 18.2 Å². The van der Waals surface area contributed by atoms with E-state index < -0.39 is 12.0 Å². The van der Waals surface area contributed by atoms with Crippen molar-refractivity contribution in [3.8, 4) is 11.5 Å². The number of carboxylic acids is 1. The van der Waals surface area contributed by atoms with E-state index in [4.69, 9.17) is 20.3 Å². The highest BCUT2D eigenvalue weighted by Crippen LogP contribution is 2.35. The lowest BCUT2D eigenvalue weighted by Crippen LogP contribution is -2.39. The number of carbonyl (C=O) groups is 1. The van der Waals surface area contributed by atoms with Gasteiger partial charge in [-0.1, -0.05) is 0 Å². The van der Waals surface area contributed by atoms with Gasteiger partial charge in [0, 0.05) is 25.1 Å². The topological polar surface area (TPSA) is 85.0 Å². The lowest BCUT2D eigenvalue weighted by atomic mass is 10.0. The molecule has 0 aliphatic carbocycles. The Morgan fingerprint density at radius 1 is 1.45 bits per heavy atom. The quantitative estimate of drug-likeness (QED) is 0.835. The molecule has 0 spiro atoms. The highest BCUT2D eigenvalue weighted by Gasteiger charge is 2.32. The lowest BCUT2D eigenvalue weighted by Gasteiger charge is -2.22. The van der Waals surface area contributed by atoms with Gasteiger partial charge in [0.1, 0.15) is 17.5 Å². The van der Waals surface area contributed by atoms with E-state index in [1.165, 1.54) is 0 Å². The minimum atomic E-state index is -0.946. The summed E-state index contributed by atoms with van der Waals surface area (Å²) < 4.78 is 10.5. The van der Waals surface area contributed by atoms with E-state index in [2.05, 4.69) is 4.90 Å². The van der Waals surface area contributed by atoms with Crippen molar-refractivity contribution in [2.75, 3.05) is 32.2 Å². The van der Waals surface area contributed by atoms with Crippen molar-refractivity contribution in [2.24, 2.45) is 11.7 Å². The number of nitrogens with zero attached hydrogens (tertiary/aromatic N) is 1. The first-order valence-corrected chi connectivity index (χ1v) is 6.52. The van der Waals surface area contributed by atoms with Crippen molar-refractivity contribution < 1.29 is 19.4 Å². The Hall–Kier alpha value is -1.95. The molecule has 2 atom stereocenters. The maximum atomic E-state index is 11.0. The van der Waals surface area contributed by atoms with Crippen LogP contribution in [0.2, 0.25) is 0 Å². The van der Waals surface area contributed by atoms with Gasteiger partial charge < -0.3 is 25.2 Å². The predicted molar refractivity (Wildman–Crippen MR) is 75.5 cm³/mol. The van der Waals surface area contributed by atoms with Crippen LogP contribution in [0.25, 0.3) is 0 Å². The second kappa shape index (κ2) is 6.00. The second-order valence-corrected chi connectivity index (χ2v) is 4.90. The van der Waals surface area contributed by atoms with Gasteiger partial charge in [-0.15, -0.1) is 0 Å². The molecule has 110 valence electrons. The van der Waals surface area contributed by atoms with E-state index >= 15 is 0 Å². The smallest absolute Gasteiger partial charge is 0.320 e. The van der Waals surface area contributed by atoms with Crippen LogP contribution in [0.4, 0.5) is 5.69 Å². The molecule has 0 bridgehead atoms. The Labute approximate surface area is 118 Å². The first-order chi connectivity index (χ1) is 9.56. The highest BCUT2D eigenvalue weighted by molar-refractivity contribution is 5.74. The van der Waals surface area contributed by atoms with Crippen LogP contribution in [0.5, 0.6) is 11.5 Å². The molecule has 1 aromatic rings. The van der Waals surface area contributed by atoms with Gasteiger partial charge in [0.25, 0.3) is 0 Å². The average molecular weight is 280 g/mol. The van der Waals surface area contributed by atoms with Crippen LogP contribution in [-0.2, 0) is 4.79 Å². The summed E-state index contributed by atoms with van der Waals surface area (Å²) in [5.74, 6) is 0.454. The number of anilines is 1. The van der Waals surface area contributed by atoms with Gasteiger partial charge in [-0.05, 0) is 18.6 Å². The van der Waals surface area contributed by atoms with E-state index in [0.717, 1.165) is 24.4 Å². The predicted octanol–water partition coefficient (Wildman–Crippen LogP) is 0.942. The number of rotatable bonds is 5. The van der Waals surface area contributed by atoms with Crippen molar-refractivity contribution in [2.45, 2.75) is 12.5 Å². The average Bonchev–Trinajstić information content (AvgIpc) is 2.95. The molecule has 6 nitrogen and oxygen atoms in total. The molecule has 1 heterocycles. The van der Waals surface area contributed by atoms with Crippen molar-refractivity contribution in [3.63, 3.8) is 0 Å². The fourth-order valence-corrected chi connectivity index (χ4v) is 2.55. The molecule has 0 saturated carbocycles. The van der Waals surface area contributed by atoms with Crippen LogP contribution >= 0.6 is 0 Å². The van der Waals surface area contributed by atoms with Crippen LogP contribution < -0.4 is 20.1 Å². The van der Waals surface area contributed by atoms with E-state index in [0.29, 0.717) is 12.3 Å². The molecule has 0 radical (unpaired) electrons. The normalized spacial score (nSPS) is 19.8. The summed E-state index contributed by atoms with van der Waals surface area (Å²) in [6, 6.07) is 4.79. The zero-order valence-corrected chi connectivity index (χ0v) is 11.7. The summed E-state index contributed by atoms with van der Waals surface area (Å²) in [6.45, 7) is 1.39. The number of benzene rings is 1. The van der Waals surface area contributed by atoms with Crippen LogP contribution in [-0.4, -0.2) is 44.4 Å². The number of carboxylic acid groups (broad SMARTS) is 1. The Morgan fingerprint density at radius 2 is 2.20 bits per heavy atom. The Bertz CT molecular complexity index is 492. The summed E-state index contributed by atoms with van der Waals surface area (Å²) in [4.78, 5) is 13.1. The van der Waals surface area contributed by atoms with Gasteiger partial charge in [-0.25, -0.2) is 0 Å². The molecule has 1 aromatic carbocycles. The van der Waals surface area contributed by atoms with E-state index in [1.807, 2.05) is 18.2 Å². The molecular weight excluding hydrogens is 260 g/mol. The van der Waals surface area contributed by atoms with Crippen molar-refractivity contribution >= 4 is 11.7 Å². The standard InChI is InChI=1S/C14H20N2O4/c1-19-10-3-4-11(12(7-10)20-2)16-6-5-9(8-16)13(15)14(17)18/h3-4,7,9,13H,5-6,8,15H2,1-2H3,(H,17,18). The van der Waals surface area contributed by atoms with Gasteiger partial charge in [0.05, 0.1) is 19.9 Å². The van der Waals surface area contributed by atoms with E-state index in [1.54, 1.807) is 14.2 Å². The number of methoxy groups -OCH3 is 2. The fraction of sp³-hybridized carbons (Fsp3) is 0.500. The first kappa shape index (κ1) is 14.5. The maximum Gasteiger partial charge on any atom is 0.320 e. The summed E-state index contributed by atoms with van der Waals surface area (Å²) in [5.41, 5.74) is 6.64. The van der Waals surface area contributed by atoms with E-state index in [-0.39, 0.29) is 5.92 Å². The highest BCUT2D eigenvalue weighted by atomic mass is 16.5.